The number of halogens is 1. The van der Waals surface area contributed by atoms with Crippen molar-refractivity contribution in [3.8, 4) is 0 Å². The number of carbonyl (C=O) groups is 1. The monoisotopic (exact) mass is 314 g/mol. The number of anilines is 1. The Balaban J connectivity index is 2.83. The maximum absolute atomic E-state index is 12.3. The molecule has 1 aromatic carbocycles. The molecule has 1 amide bonds. The molecule has 0 saturated heterocycles. The summed E-state index contributed by atoms with van der Waals surface area (Å²) in [6.45, 7) is 3.17. The van der Waals surface area contributed by atoms with Gasteiger partial charge >= 0.3 is 0 Å². The van der Waals surface area contributed by atoms with Gasteiger partial charge in [-0.15, -0.1) is 0 Å². The molecular weight excluding hydrogens is 296 g/mol. The Bertz CT molecular complexity index is 435. The summed E-state index contributed by atoms with van der Waals surface area (Å²) in [7, 11) is 3.44. The third-order valence-corrected chi connectivity index (χ3v) is 3.29. The predicted octanol–water partition coefficient (Wildman–Crippen LogP) is 2.45. The van der Waals surface area contributed by atoms with Crippen molar-refractivity contribution >= 4 is 27.5 Å². The number of amides is 1. The SMILES string of the molecule is COCCCN(C)C(=O)c1cc(Br)cc(N)c1C. The first-order chi connectivity index (χ1) is 8.47. The van der Waals surface area contributed by atoms with E-state index in [1.165, 1.54) is 0 Å². The molecule has 4 nitrogen and oxygen atoms in total. The summed E-state index contributed by atoms with van der Waals surface area (Å²) >= 11 is 3.36. The van der Waals surface area contributed by atoms with Gasteiger partial charge in [0.25, 0.3) is 5.91 Å². The van der Waals surface area contributed by atoms with Gasteiger partial charge in [0.15, 0.2) is 0 Å². The largest absolute Gasteiger partial charge is 0.398 e. The van der Waals surface area contributed by atoms with E-state index in [-0.39, 0.29) is 5.91 Å². The first-order valence-electron chi connectivity index (χ1n) is 5.77. The third kappa shape index (κ3) is 3.71. The molecule has 0 bridgehead atoms. The van der Waals surface area contributed by atoms with Crippen LogP contribution < -0.4 is 5.73 Å². The smallest absolute Gasteiger partial charge is 0.253 e. The summed E-state index contributed by atoms with van der Waals surface area (Å²) in [5.41, 5.74) is 7.95. The molecule has 0 aliphatic rings. The first kappa shape index (κ1) is 15.0. The molecular formula is C13H19BrN2O2. The highest BCUT2D eigenvalue weighted by Gasteiger charge is 2.16. The maximum Gasteiger partial charge on any atom is 0.253 e. The van der Waals surface area contributed by atoms with Crippen LogP contribution in [-0.4, -0.2) is 38.1 Å². The topological polar surface area (TPSA) is 55.6 Å². The minimum Gasteiger partial charge on any atom is -0.398 e. The van der Waals surface area contributed by atoms with Crippen LogP contribution in [0, 0.1) is 6.92 Å². The van der Waals surface area contributed by atoms with Crippen molar-refractivity contribution in [3.63, 3.8) is 0 Å². The minimum atomic E-state index is -0.0170. The lowest BCUT2D eigenvalue weighted by atomic mass is 10.1. The lowest BCUT2D eigenvalue weighted by Gasteiger charge is -2.19. The summed E-state index contributed by atoms with van der Waals surface area (Å²) in [4.78, 5) is 14.0. The fourth-order valence-electron chi connectivity index (χ4n) is 1.68. The number of rotatable bonds is 5. The zero-order valence-electron chi connectivity index (χ0n) is 11.0. The van der Waals surface area contributed by atoms with Gasteiger partial charge in [-0.2, -0.15) is 0 Å². The van der Waals surface area contributed by atoms with E-state index in [1.807, 2.05) is 6.92 Å². The second-order valence-corrected chi connectivity index (χ2v) is 5.16. The Hall–Kier alpha value is -1.07. The Morgan fingerprint density at radius 3 is 2.78 bits per heavy atom. The molecule has 0 atom stereocenters. The molecule has 1 rings (SSSR count). The van der Waals surface area contributed by atoms with Crippen molar-refractivity contribution in [2.45, 2.75) is 13.3 Å². The van der Waals surface area contributed by atoms with Crippen LogP contribution in [0.15, 0.2) is 16.6 Å². The number of ether oxygens (including phenoxy) is 1. The van der Waals surface area contributed by atoms with Crippen molar-refractivity contribution in [2.24, 2.45) is 0 Å². The molecule has 0 heterocycles. The van der Waals surface area contributed by atoms with Gasteiger partial charge in [0, 0.05) is 43.0 Å². The molecule has 0 spiro atoms. The van der Waals surface area contributed by atoms with Crippen LogP contribution in [0.25, 0.3) is 0 Å². The van der Waals surface area contributed by atoms with Crippen LogP contribution in [-0.2, 0) is 4.74 Å². The predicted molar refractivity (Wildman–Crippen MR) is 76.7 cm³/mol. The summed E-state index contributed by atoms with van der Waals surface area (Å²) < 4.78 is 5.79. The van der Waals surface area contributed by atoms with Crippen LogP contribution in [0.2, 0.25) is 0 Å². The fraction of sp³-hybridized carbons (Fsp3) is 0.462. The van der Waals surface area contributed by atoms with Crippen molar-refractivity contribution in [1.29, 1.82) is 0 Å². The van der Waals surface area contributed by atoms with E-state index in [0.717, 1.165) is 16.5 Å². The standard InChI is InChI=1S/C13H19BrN2O2/c1-9-11(7-10(14)8-12(9)15)13(17)16(2)5-4-6-18-3/h7-8H,4-6,15H2,1-3H3. The Morgan fingerprint density at radius 1 is 1.50 bits per heavy atom. The summed E-state index contributed by atoms with van der Waals surface area (Å²) in [5, 5.41) is 0. The van der Waals surface area contributed by atoms with Gasteiger partial charge in [-0.05, 0) is 31.0 Å². The average Bonchev–Trinajstić information content (AvgIpc) is 2.33. The summed E-state index contributed by atoms with van der Waals surface area (Å²) in [5.74, 6) is -0.0170. The Labute approximate surface area is 116 Å². The third-order valence-electron chi connectivity index (χ3n) is 2.83. The van der Waals surface area contributed by atoms with E-state index in [0.29, 0.717) is 24.4 Å². The van der Waals surface area contributed by atoms with Crippen LogP contribution in [0.4, 0.5) is 5.69 Å². The molecule has 0 fully saturated rings. The lowest BCUT2D eigenvalue weighted by molar-refractivity contribution is 0.0778. The quantitative estimate of drug-likeness (QED) is 0.671. The van der Waals surface area contributed by atoms with E-state index in [4.69, 9.17) is 10.5 Å². The van der Waals surface area contributed by atoms with Gasteiger partial charge in [0.1, 0.15) is 0 Å². The fourth-order valence-corrected chi connectivity index (χ4v) is 2.15. The van der Waals surface area contributed by atoms with Gasteiger partial charge in [0.2, 0.25) is 0 Å². The van der Waals surface area contributed by atoms with Crippen LogP contribution in [0.3, 0.4) is 0 Å². The van der Waals surface area contributed by atoms with Gasteiger partial charge in [-0.3, -0.25) is 4.79 Å². The maximum atomic E-state index is 12.3. The van der Waals surface area contributed by atoms with Crippen molar-refractivity contribution in [3.05, 3.63) is 27.7 Å². The summed E-state index contributed by atoms with van der Waals surface area (Å²) in [6.07, 6.45) is 0.821. The number of methoxy groups -OCH3 is 1. The molecule has 100 valence electrons. The molecule has 0 saturated carbocycles. The first-order valence-corrected chi connectivity index (χ1v) is 6.56. The number of nitrogens with zero attached hydrogens (tertiary/aromatic N) is 1. The second kappa shape index (κ2) is 6.75. The van der Waals surface area contributed by atoms with Gasteiger partial charge in [0.05, 0.1) is 0 Å². The van der Waals surface area contributed by atoms with Crippen molar-refractivity contribution in [1.82, 2.24) is 4.90 Å². The van der Waals surface area contributed by atoms with E-state index in [2.05, 4.69) is 15.9 Å². The van der Waals surface area contributed by atoms with E-state index in [9.17, 15) is 4.79 Å². The van der Waals surface area contributed by atoms with E-state index in [1.54, 1.807) is 31.2 Å². The molecule has 18 heavy (non-hydrogen) atoms. The van der Waals surface area contributed by atoms with Crippen LogP contribution >= 0.6 is 15.9 Å². The molecule has 0 aromatic heterocycles. The van der Waals surface area contributed by atoms with Crippen molar-refractivity contribution < 1.29 is 9.53 Å². The number of hydrogen-bond donors (Lipinski definition) is 1. The van der Waals surface area contributed by atoms with E-state index < -0.39 is 0 Å². The molecule has 0 unspecified atom stereocenters. The Morgan fingerprint density at radius 2 is 2.17 bits per heavy atom. The number of benzene rings is 1. The number of nitrogen functional groups attached to an aromatic ring is 1. The highest BCUT2D eigenvalue weighted by molar-refractivity contribution is 9.10. The molecule has 0 radical (unpaired) electrons. The number of carbonyl (C=O) groups excluding carboxylic acids is 1. The number of nitrogens with two attached hydrogens (primary N) is 1. The van der Waals surface area contributed by atoms with Gasteiger partial charge in [-0.1, -0.05) is 15.9 Å². The minimum absolute atomic E-state index is 0.0170. The molecule has 1 aromatic rings. The lowest BCUT2D eigenvalue weighted by Crippen LogP contribution is -2.29. The summed E-state index contributed by atoms with van der Waals surface area (Å²) in [6, 6.07) is 3.61. The van der Waals surface area contributed by atoms with Crippen LogP contribution in [0.5, 0.6) is 0 Å². The van der Waals surface area contributed by atoms with Crippen LogP contribution in [0.1, 0.15) is 22.3 Å². The normalized spacial score (nSPS) is 10.4. The average molecular weight is 315 g/mol. The molecule has 5 heteroatoms. The van der Waals surface area contributed by atoms with Gasteiger partial charge < -0.3 is 15.4 Å². The van der Waals surface area contributed by atoms with E-state index >= 15 is 0 Å². The highest BCUT2D eigenvalue weighted by atomic mass is 79.9. The molecule has 0 aliphatic heterocycles. The number of hydrogen-bond acceptors (Lipinski definition) is 3. The zero-order valence-corrected chi connectivity index (χ0v) is 12.6. The highest BCUT2D eigenvalue weighted by Crippen LogP contribution is 2.23. The molecule has 0 aliphatic carbocycles. The zero-order chi connectivity index (χ0) is 13.7. The van der Waals surface area contributed by atoms with Gasteiger partial charge in [-0.25, -0.2) is 0 Å². The van der Waals surface area contributed by atoms with Crippen molar-refractivity contribution in [2.75, 3.05) is 33.0 Å². The Kier molecular flexibility index (Phi) is 5.62. The molecule has 2 N–H and O–H groups in total. The second-order valence-electron chi connectivity index (χ2n) is 4.24.